The zero-order valence-electron chi connectivity index (χ0n) is 12.1. The molecule has 0 bridgehead atoms. The summed E-state index contributed by atoms with van der Waals surface area (Å²) in [5.74, 6) is 0.888. The number of aliphatic hydroxyl groups is 1. The summed E-state index contributed by atoms with van der Waals surface area (Å²) >= 11 is 0. The quantitative estimate of drug-likeness (QED) is 0.842. The van der Waals surface area contributed by atoms with E-state index in [-0.39, 0.29) is 18.5 Å². The van der Waals surface area contributed by atoms with Crippen LogP contribution in [0.5, 0.6) is 5.75 Å². The smallest absolute Gasteiger partial charge is 0.126 e. The van der Waals surface area contributed by atoms with Crippen molar-refractivity contribution in [1.29, 1.82) is 0 Å². The third kappa shape index (κ3) is 3.93. The maximum Gasteiger partial charge on any atom is 0.126 e. The molecule has 4 heteroatoms. The topological polar surface area (TPSA) is 41.5 Å². The van der Waals surface area contributed by atoms with Crippen molar-refractivity contribution in [3.05, 3.63) is 29.6 Å². The van der Waals surface area contributed by atoms with Gasteiger partial charge in [0.05, 0.1) is 6.61 Å². The van der Waals surface area contributed by atoms with Gasteiger partial charge in [0.1, 0.15) is 11.6 Å². The van der Waals surface area contributed by atoms with Crippen molar-refractivity contribution in [2.45, 2.75) is 38.6 Å². The fraction of sp³-hybridized carbons (Fsp3) is 0.625. The summed E-state index contributed by atoms with van der Waals surface area (Å²) in [6.45, 7) is 3.89. The largest absolute Gasteiger partial charge is 0.493 e. The van der Waals surface area contributed by atoms with E-state index in [4.69, 9.17) is 9.84 Å². The average Bonchev–Trinajstić information content (AvgIpc) is 2.65. The van der Waals surface area contributed by atoms with Crippen LogP contribution in [0.15, 0.2) is 18.2 Å². The highest BCUT2D eigenvalue weighted by Gasteiger charge is 2.20. The van der Waals surface area contributed by atoms with E-state index in [0.29, 0.717) is 18.3 Å². The molecule has 0 saturated heterocycles. The van der Waals surface area contributed by atoms with Gasteiger partial charge in [-0.1, -0.05) is 19.4 Å². The molecule has 0 spiro atoms. The Balaban J connectivity index is 2.04. The first-order chi connectivity index (χ1) is 9.74. The van der Waals surface area contributed by atoms with E-state index in [1.165, 1.54) is 12.1 Å². The van der Waals surface area contributed by atoms with Crippen molar-refractivity contribution in [2.24, 2.45) is 5.92 Å². The van der Waals surface area contributed by atoms with Crippen LogP contribution in [0.2, 0.25) is 0 Å². The first-order valence-corrected chi connectivity index (χ1v) is 7.51. The molecule has 112 valence electrons. The van der Waals surface area contributed by atoms with Crippen LogP contribution in [0.1, 0.15) is 44.2 Å². The minimum Gasteiger partial charge on any atom is -0.493 e. The molecule has 0 fully saturated rings. The van der Waals surface area contributed by atoms with Crippen molar-refractivity contribution in [3.63, 3.8) is 0 Å². The van der Waals surface area contributed by atoms with Gasteiger partial charge in [-0.05, 0) is 37.8 Å². The SMILES string of the molecule is CC[C@H](CCO)CN[C@H]1CCCOc2cc(F)ccc21. The van der Waals surface area contributed by atoms with Crippen LogP contribution in [-0.2, 0) is 0 Å². The highest BCUT2D eigenvalue weighted by Crippen LogP contribution is 2.32. The number of nitrogens with one attached hydrogen (secondary N) is 1. The number of rotatable bonds is 6. The number of fused-ring (bicyclic) bond motifs is 1. The molecule has 0 saturated carbocycles. The minimum atomic E-state index is -0.254. The van der Waals surface area contributed by atoms with Gasteiger partial charge in [0.15, 0.2) is 0 Å². The van der Waals surface area contributed by atoms with E-state index in [1.807, 2.05) is 6.07 Å². The van der Waals surface area contributed by atoms with Gasteiger partial charge in [-0.15, -0.1) is 0 Å². The molecule has 2 N–H and O–H groups in total. The van der Waals surface area contributed by atoms with Gasteiger partial charge < -0.3 is 15.2 Å². The van der Waals surface area contributed by atoms with Crippen molar-refractivity contribution in [2.75, 3.05) is 19.8 Å². The van der Waals surface area contributed by atoms with Gasteiger partial charge in [0, 0.05) is 24.3 Å². The first-order valence-electron chi connectivity index (χ1n) is 7.51. The minimum absolute atomic E-state index is 0.209. The summed E-state index contributed by atoms with van der Waals surface area (Å²) in [6, 6.07) is 5.00. The van der Waals surface area contributed by atoms with Crippen LogP contribution in [0.4, 0.5) is 4.39 Å². The van der Waals surface area contributed by atoms with Crippen molar-refractivity contribution < 1.29 is 14.2 Å². The van der Waals surface area contributed by atoms with E-state index in [1.54, 1.807) is 0 Å². The standard InChI is InChI=1S/C16H24FNO2/c1-2-12(7-8-19)11-18-15-4-3-9-20-16-10-13(17)5-6-14(15)16/h5-6,10,12,15,18-19H,2-4,7-9,11H2,1H3/t12-,15+/m1/s1. The highest BCUT2D eigenvalue weighted by molar-refractivity contribution is 5.37. The predicted octanol–water partition coefficient (Wildman–Crippen LogP) is 3.04. The molecule has 0 aliphatic carbocycles. The number of ether oxygens (including phenoxy) is 1. The lowest BCUT2D eigenvalue weighted by Gasteiger charge is -2.22. The molecule has 1 aliphatic rings. The van der Waals surface area contributed by atoms with Crippen LogP contribution in [0.3, 0.4) is 0 Å². The van der Waals surface area contributed by atoms with Crippen molar-refractivity contribution in [3.8, 4) is 5.75 Å². The normalized spacial score (nSPS) is 19.9. The van der Waals surface area contributed by atoms with Crippen LogP contribution in [0.25, 0.3) is 0 Å². The van der Waals surface area contributed by atoms with E-state index in [2.05, 4.69) is 12.2 Å². The molecule has 1 aromatic carbocycles. The Bertz CT molecular complexity index is 425. The van der Waals surface area contributed by atoms with Gasteiger partial charge >= 0.3 is 0 Å². The van der Waals surface area contributed by atoms with Gasteiger partial charge in [-0.3, -0.25) is 0 Å². The van der Waals surface area contributed by atoms with Gasteiger partial charge in [0.25, 0.3) is 0 Å². The van der Waals surface area contributed by atoms with E-state index < -0.39 is 0 Å². The van der Waals surface area contributed by atoms with Gasteiger partial charge in [-0.2, -0.15) is 0 Å². The molecule has 2 rings (SSSR count). The number of aliphatic hydroxyl groups excluding tert-OH is 1. The summed E-state index contributed by atoms with van der Waals surface area (Å²) in [6.07, 6.45) is 3.83. The van der Waals surface area contributed by atoms with Gasteiger partial charge in [-0.25, -0.2) is 4.39 Å². The number of hydrogen-bond donors (Lipinski definition) is 2. The Morgan fingerprint density at radius 3 is 3.10 bits per heavy atom. The maximum atomic E-state index is 13.3. The molecule has 0 unspecified atom stereocenters. The highest BCUT2D eigenvalue weighted by atomic mass is 19.1. The molecule has 1 heterocycles. The van der Waals surface area contributed by atoms with Crippen molar-refractivity contribution >= 4 is 0 Å². The number of hydrogen-bond acceptors (Lipinski definition) is 3. The summed E-state index contributed by atoms with van der Waals surface area (Å²) < 4.78 is 18.9. The Labute approximate surface area is 120 Å². The van der Waals surface area contributed by atoms with Crippen LogP contribution in [-0.4, -0.2) is 24.9 Å². The Morgan fingerprint density at radius 2 is 2.35 bits per heavy atom. The second-order valence-corrected chi connectivity index (χ2v) is 5.42. The third-order valence-corrected chi connectivity index (χ3v) is 4.01. The summed E-state index contributed by atoms with van der Waals surface area (Å²) in [5.41, 5.74) is 1.04. The number of halogens is 1. The van der Waals surface area contributed by atoms with Crippen molar-refractivity contribution in [1.82, 2.24) is 5.32 Å². The lowest BCUT2D eigenvalue weighted by molar-refractivity contribution is 0.247. The predicted molar refractivity (Wildman–Crippen MR) is 77.4 cm³/mol. The van der Waals surface area contributed by atoms with Crippen LogP contribution < -0.4 is 10.1 Å². The molecule has 20 heavy (non-hydrogen) atoms. The Morgan fingerprint density at radius 1 is 1.50 bits per heavy atom. The molecule has 1 aromatic rings. The molecule has 3 nitrogen and oxygen atoms in total. The fourth-order valence-electron chi connectivity index (χ4n) is 2.70. The average molecular weight is 281 g/mol. The monoisotopic (exact) mass is 281 g/mol. The zero-order valence-corrected chi connectivity index (χ0v) is 12.1. The van der Waals surface area contributed by atoms with Crippen LogP contribution >= 0.6 is 0 Å². The Hall–Kier alpha value is -1.13. The molecule has 0 amide bonds. The van der Waals surface area contributed by atoms with E-state index in [9.17, 15) is 4.39 Å². The lowest BCUT2D eigenvalue weighted by atomic mass is 9.99. The molecular formula is C16H24FNO2. The second kappa shape index (κ2) is 7.60. The van der Waals surface area contributed by atoms with Crippen LogP contribution in [0, 0.1) is 11.7 Å². The summed E-state index contributed by atoms with van der Waals surface area (Å²) in [7, 11) is 0. The second-order valence-electron chi connectivity index (χ2n) is 5.42. The molecule has 0 radical (unpaired) electrons. The summed E-state index contributed by atoms with van der Waals surface area (Å²) in [5, 5.41) is 12.6. The summed E-state index contributed by atoms with van der Waals surface area (Å²) in [4.78, 5) is 0. The molecular weight excluding hydrogens is 257 g/mol. The maximum absolute atomic E-state index is 13.3. The molecule has 2 atom stereocenters. The van der Waals surface area contributed by atoms with E-state index >= 15 is 0 Å². The molecule has 1 aliphatic heterocycles. The fourth-order valence-corrected chi connectivity index (χ4v) is 2.70. The van der Waals surface area contributed by atoms with Gasteiger partial charge in [0.2, 0.25) is 0 Å². The Kier molecular flexibility index (Phi) is 5.80. The van der Waals surface area contributed by atoms with E-state index in [0.717, 1.165) is 37.8 Å². The lowest BCUT2D eigenvalue weighted by Crippen LogP contribution is -2.27. The molecule has 0 aromatic heterocycles. The zero-order chi connectivity index (χ0) is 14.4. The first kappa shape index (κ1) is 15.3. The number of benzene rings is 1. The third-order valence-electron chi connectivity index (χ3n) is 4.01.